The highest BCUT2D eigenvalue weighted by atomic mass is 16.5. The molecule has 0 spiro atoms. The predicted molar refractivity (Wildman–Crippen MR) is 131 cm³/mol. The molecular weight excluding hydrogens is 424 g/mol. The molecule has 5 rings (SSSR count). The van der Waals surface area contributed by atoms with Crippen molar-refractivity contribution in [2.75, 3.05) is 7.11 Å². The molecule has 2 amide bonds. The molecule has 5 nitrogen and oxygen atoms in total. The zero-order chi connectivity index (χ0) is 23.8. The summed E-state index contributed by atoms with van der Waals surface area (Å²) in [6.07, 6.45) is 0.554. The molecule has 34 heavy (non-hydrogen) atoms. The lowest BCUT2D eigenvalue weighted by molar-refractivity contribution is -0.164. The van der Waals surface area contributed by atoms with E-state index in [1.165, 1.54) is 5.56 Å². The first-order chi connectivity index (χ1) is 16.5. The fourth-order valence-electron chi connectivity index (χ4n) is 5.07. The number of rotatable bonds is 5. The standard InChI is InChI=1S/C29H30N2O3/c1-19(2)21-10-12-22(13-11-21)27-29(33)30-18-24-7-5-4-6-23(24)16-26(30)28(32)31(27)17-20-8-14-25(34-3)15-9-20/h4-15,19,26-27H,16-18H2,1-3H3. The zero-order valence-electron chi connectivity index (χ0n) is 19.9. The Balaban J connectivity index is 1.54. The predicted octanol–water partition coefficient (Wildman–Crippen LogP) is 4.86. The first-order valence-electron chi connectivity index (χ1n) is 11.9. The van der Waals surface area contributed by atoms with E-state index in [0.29, 0.717) is 25.4 Å². The molecule has 1 saturated heterocycles. The van der Waals surface area contributed by atoms with Gasteiger partial charge in [-0.1, -0.05) is 74.5 Å². The maximum absolute atomic E-state index is 13.9. The Bertz CT molecular complexity index is 1200. The molecule has 0 N–H and O–H groups in total. The van der Waals surface area contributed by atoms with E-state index in [2.05, 4.69) is 38.1 Å². The summed E-state index contributed by atoms with van der Waals surface area (Å²) in [5, 5.41) is 0. The van der Waals surface area contributed by atoms with Crippen molar-refractivity contribution in [1.82, 2.24) is 9.80 Å². The van der Waals surface area contributed by atoms with Crippen molar-refractivity contribution in [3.8, 4) is 5.75 Å². The average Bonchev–Trinajstić information content (AvgIpc) is 2.87. The van der Waals surface area contributed by atoms with Crippen LogP contribution < -0.4 is 4.74 Å². The Hall–Kier alpha value is -3.60. The van der Waals surface area contributed by atoms with Gasteiger partial charge in [0.2, 0.25) is 5.91 Å². The molecule has 5 heteroatoms. The van der Waals surface area contributed by atoms with Crippen molar-refractivity contribution in [2.45, 2.75) is 51.4 Å². The summed E-state index contributed by atoms with van der Waals surface area (Å²) in [6, 6.07) is 22.8. The smallest absolute Gasteiger partial charge is 0.251 e. The lowest BCUT2D eigenvalue weighted by atomic mass is 9.88. The van der Waals surface area contributed by atoms with Gasteiger partial charge < -0.3 is 14.5 Å². The molecule has 1 fully saturated rings. The Morgan fingerprint density at radius 1 is 0.882 bits per heavy atom. The van der Waals surface area contributed by atoms with Gasteiger partial charge in [0.15, 0.2) is 0 Å². The third-order valence-electron chi connectivity index (χ3n) is 7.08. The van der Waals surface area contributed by atoms with Crippen LogP contribution in [0.1, 0.15) is 53.6 Å². The van der Waals surface area contributed by atoms with Crippen LogP contribution in [0.5, 0.6) is 5.75 Å². The molecule has 0 aromatic heterocycles. The Morgan fingerprint density at radius 3 is 2.21 bits per heavy atom. The third-order valence-corrected chi connectivity index (χ3v) is 7.08. The Labute approximate surface area is 201 Å². The van der Waals surface area contributed by atoms with Gasteiger partial charge in [0.25, 0.3) is 5.91 Å². The number of hydrogen-bond donors (Lipinski definition) is 0. The Kier molecular flexibility index (Phi) is 5.86. The first-order valence-corrected chi connectivity index (χ1v) is 11.9. The largest absolute Gasteiger partial charge is 0.497 e. The van der Waals surface area contributed by atoms with Crippen LogP contribution in [0.4, 0.5) is 0 Å². The second-order valence-electron chi connectivity index (χ2n) is 9.49. The highest BCUT2D eigenvalue weighted by molar-refractivity contribution is 5.98. The highest BCUT2D eigenvalue weighted by Gasteiger charge is 2.48. The summed E-state index contributed by atoms with van der Waals surface area (Å²) < 4.78 is 5.28. The zero-order valence-corrected chi connectivity index (χ0v) is 19.9. The van der Waals surface area contributed by atoms with Crippen LogP contribution in [0, 0.1) is 0 Å². The second kappa shape index (κ2) is 8.98. The molecule has 0 radical (unpaired) electrons. The molecule has 0 aliphatic carbocycles. The molecule has 0 bridgehead atoms. The SMILES string of the molecule is COc1ccc(CN2C(=O)C3Cc4ccccc4CN3C(=O)C2c2ccc(C(C)C)cc2)cc1. The van der Waals surface area contributed by atoms with Gasteiger partial charge in [-0.05, 0) is 45.9 Å². The maximum Gasteiger partial charge on any atom is 0.251 e. The van der Waals surface area contributed by atoms with Gasteiger partial charge >= 0.3 is 0 Å². The van der Waals surface area contributed by atoms with E-state index in [4.69, 9.17) is 4.74 Å². The number of methoxy groups -OCH3 is 1. The Morgan fingerprint density at radius 2 is 1.56 bits per heavy atom. The molecule has 2 aliphatic heterocycles. The van der Waals surface area contributed by atoms with Gasteiger partial charge in [-0.2, -0.15) is 0 Å². The van der Waals surface area contributed by atoms with Crippen molar-refractivity contribution in [3.05, 3.63) is 101 Å². The van der Waals surface area contributed by atoms with E-state index in [0.717, 1.165) is 28.0 Å². The van der Waals surface area contributed by atoms with Crippen molar-refractivity contribution < 1.29 is 14.3 Å². The van der Waals surface area contributed by atoms with E-state index < -0.39 is 12.1 Å². The second-order valence-corrected chi connectivity index (χ2v) is 9.49. The number of fused-ring (bicyclic) bond motifs is 2. The van der Waals surface area contributed by atoms with E-state index in [1.54, 1.807) is 16.9 Å². The summed E-state index contributed by atoms with van der Waals surface area (Å²) in [5.74, 6) is 1.16. The van der Waals surface area contributed by atoms with Crippen molar-refractivity contribution in [2.24, 2.45) is 0 Å². The summed E-state index contributed by atoms with van der Waals surface area (Å²) in [7, 11) is 1.63. The fraction of sp³-hybridized carbons (Fsp3) is 0.310. The molecule has 3 aromatic carbocycles. The van der Waals surface area contributed by atoms with E-state index in [9.17, 15) is 9.59 Å². The molecule has 0 saturated carbocycles. The van der Waals surface area contributed by atoms with Gasteiger partial charge in [-0.25, -0.2) is 0 Å². The quantitative estimate of drug-likeness (QED) is 0.554. The molecule has 174 valence electrons. The van der Waals surface area contributed by atoms with Crippen LogP contribution in [-0.2, 0) is 29.1 Å². The lowest BCUT2D eigenvalue weighted by Crippen LogP contribution is -2.62. The van der Waals surface area contributed by atoms with Gasteiger partial charge in [0.1, 0.15) is 17.8 Å². The van der Waals surface area contributed by atoms with E-state index in [-0.39, 0.29) is 11.8 Å². The number of piperazine rings is 1. The normalized spacial score (nSPS) is 19.8. The summed E-state index contributed by atoms with van der Waals surface area (Å²) in [5.41, 5.74) is 5.31. The molecule has 2 aliphatic rings. The number of carbonyl (C=O) groups is 2. The maximum atomic E-state index is 13.9. The first kappa shape index (κ1) is 22.2. The monoisotopic (exact) mass is 454 g/mol. The van der Waals surface area contributed by atoms with Gasteiger partial charge in [0.05, 0.1) is 7.11 Å². The number of carbonyl (C=O) groups excluding carboxylic acids is 2. The highest BCUT2D eigenvalue weighted by Crippen LogP contribution is 2.37. The minimum atomic E-state index is -0.641. The molecule has 2 atom stereocenters. The van der Waals surface area contributed by atoms with Crippen LogP contribution in [0.2, 0.25) is 0 Å². The number of nitrogens with zero attached hydrogens (tertiary/aromatic N) is 2. The van der Waals surface area contributed by atoms with Crippen LogP contribution in [0.15, 0.2) is 72.8 Å². The van der Waals surface area contributed by atoms with Crippen LogP contribution in [0.25, 0.3) is 0 Å². The summed E-state index contributed by atoms with van der Waals surface area (Å²) in [6.45, 7) is 5.14. The third kappa shape index (κ3) is 3.96. The van der Waals surface area contributed by atoms with E-state index >= 15 is 0 Å². The summed E-state index contributed by atoms with van der Waals surface area (Å²) in [4.78, 5) is 31.4. The van der Waals surface area contributed by atoms with Gasteiger partial charge in [0, 0.05) is 19.5 Å². The topological polar surface area (TPSA) is 49.9 Å². The van der Waals surface area contributed by atoms with E-state index in [1.807, 2.05) is 48.5 Å². The number of ether oxygens (including phenoxy) is 1. The molecule has 3 aromatic rings. The van der Waals surface area contributed by atoms with Crippen molar-refractivity contribution in [3.63, 3.8) is 0 Å². The number of hydrogen-bond acceptors (Lipinski definition) is 3. The minimum Gasteiger partial charge on any atom is -0.497 e. The average molecular weight is 455 g/mol. The van der Waals surface area contributed by atoms with Gasteiger partial charge in [-0.15, -0.1) is 0 Å². The van der Waals surface area contributed by atoms with Crippen LogP contribution in [-0.4, -0.2) is 34.8 Å². The van der Waals surface area contributed by atoms with Crippen LogP contribution >= 0.6 is 0 Å². The van der Waals surface area contributed by atoms with Gasteiger partial charge in [-0.3, -0.25) is 9.59 Å². The number of amides is 2. The van der Waals surface area contributed by atoms with Crippen molar-refractivity contribution >= 4 is 11.8 Å². The minimum absolute atomic E-state index is 0.00265. The molecular formula is C29H30N2O3. The number of benzene rings is 3. The van der Waals surface area contributed by atoms with Crippen molar-refractivity contribution in [1.29, 1.82) is 0 Å². The molecule has 2 unspecified atom stereocenters. The van der Waals surface area contributed by atoms with Crippen LogP contribution in [0.3, 0.4) is 0 Å². The lowest BCUT2D eigenvalue weighted by Gasteiger charge is -2.47. The summed E-state index contributed by atoms with van der Waals surface area (Å²) >= 11 is 0. The fourth-order valence-corrected chi connectivity index (χ4v) is 5.07. The molecule has 2 heterocycles.